The molecule has 2 heterocycles. The molecule has 0 fully saturated rings. The third-order valence-electron chi connectivity index (χ3n) is 4.21. The molecular formula is C19H7BrClF6N3O. The normalized spacial score (nSPS) is 11.9. The topological polar surface area (TPSA) is 43.9 Å². The van der Waals surface area contributed by atoms with Crippen LogP contribution in [0.4, 0.5) is 26.3 Å². The Morgan fingerprint density at radius 1 is 1.03 bits per heavy atom. The quantitative estimate of drug-likeness (QED) is 0.271. The van der Waals surface area contributed by atoms with E-state index >= 15 is 0 Å². The molecule has 0 saturated carbocycles. The van der Waals surface area contributed by atoms with Gasteiger partial charge in [-0.3, -0.25) is 0 Å². The first-order valence-electron chi connectivity index (χ1n) is 8.29. The Hall–Kier alpha value is -2.79. The number of hydrogen-bond acceptors (Lipinski definition) is 3. The van der Waals surface area contributed by atoms with Crippen LogP contribution in [0.3, 0.4) is 0 Å². The fourth-order valence-electron chi connectivity index (χ4n) is 2.97. The summed E-state index contributed by atoms with van der Waals surface area (Å²) in [5, 5.41) is 7.23. The molecule has 0 amide bonds. The molecule has 0 aliphatic rings. The van der Waals surface area contributed by atoms with E-state index in [-0.39, 0.29) is 20.8 Å². The monoisotopic (exact) mass is 521 g/mol. The largest absolute Gasteiger partial charge is 0.434 e. The summed E-state index contributed by atoms with van der Waals surface area (Å²) in [6.07, 6.45) is -4.21. The lowest BCUT2D eigenvalue weighted by molar-refractivity contribution is -0.142. The molecule has 160 valence electrons. The van der Waals surface area contributed by atoms with Gasteiger partial charge in [-0.2, -0.15) is 18.3 Å². The van der Waals surface area contributed by atoms with E-state index in [9.17, 15) is 26.3 Å². The molecule has 0 aliphatic heterocycles. The van der Waals surface area contributed by atoms with Gasteiger partial charge in [0.05, 0.1) is 32.5 Å². The smallest absolute Gasteiger partial charge is 0.354 e. The van der Waals surface area contributed by atoms with E-state index in [4.69, 9.17) is 16.1 Å². The predicted octanol–water partition coefficient (Wildman–Crippen LogP) is 7.05. The Bertz CT molecular complexity index is 1260. The zero-order valence-electron chi connectivity index (χ0n) is 14.8. The molecule has 4 rings (SSSR count). The van der Waals surface area contributed by atoms with Crippen LogP contribution in [0.25, 0.3) is 28.3 Å². The van der Waals surface area contributed by atoms with Crippen molar-refractivity contribution in [2.75, 3.05) is 0 Å². The van der Waals surface area contributed by atoms with Crippen molar-refractivity contribution in [1.29, 1.82) is 0 Å². The zero-order valence-corrected chi connectivity index (χ0v) is 17.2. The minimum atomic E-state index is -5.00. The molecular weight excluding hydrogens is 516 g/mol. The lowest BCUT2D eigenvalue weighted by Gasteiger charge is -2.12. The van der Waals surface area contributed by atoms with Crippen molar-refractivity contribution in [2.45, 2.75) is 6.18 Å². The van der Waals surface area contributed by atoms with Crippen LogP contribution in [-0.2, 0) is 6.18 Å². The number of benzene rings is 2. The summed E-state index contributed by atoms with van der Waals surface area (Å²) in [5.41, 5.74) is -2.81. The Kier molecular flexibility index (Phi) is 5.34. The number of nitrogens with zero attached hydrogens (tertiary/aromatic N) is 3. The van der Waals surface area contributed by atoms with Gasteiger partial charge in [0.25, 0.3) is 0 Å². The number of halogens is 8. The summed E-state index contributed by atoms with van der Waals surface area (Å²) >= 11 is 9.08. The first kappa shape index (κ1) is 21.4. The zero-order chi connectivity index (χ0) is 22.5. The van der Waals surface area contributed by atoms with Crippen LogP contribution in [0.5, 0.6) is 0 Å². The SMILES string of the molecule is Fc1cc(F)cc(-n2ncc(-c3onc(-c4c(F)cccc4Cl)c3Br)c2C(F)(F)F)c1. The highest BCUT2D eigenvalue weighted by molar-refractivity contribution is 9.10. The van der Waals surface area contributed by atoms with E-state index in [1.807, 2.05) is 0 Å². The van der Waals surface area contributed by atoms with Crippen LogP contribution in [0.1, 0.15) is 5.69 Å². The van der Waals surface area contributed by atoms with Gasteiger partial charge in [0, 0.05) is 6.07 Å². The molecule has 0 atom stereocenters. The number of aromatic nitrogens is 3. The van der Waals surface area contributed by atoms with E-state index in [2.05, 4.69) is 26.2 Å². The van der Waals surface area contributed by atoms with E-state index in [0.29, 0.717) is 22.9 Å². The molecule has 0 saturated heterocycles. The molecule has 0 aliphatic carbocycles. The van der Waals surface area contributed by atoms with Crippen LogP contribution < -0.4 is 0 Å². The van der Waals surface area contributed by atoms with Crippen LogP contribution in [0, 0.1) is 17.5 Å². The van der Waals surface area contributed by atoms with Crippen LogP contribution >= 0.6 is 27.5 Å². The standard InChI is InChI=1S/C19H7BrClF6N3O/c20-15-16(14-12(21)2-1-3-13(14)24)29-31-17(15)11-7-28-30(18(11)19(25,26)27)10-5-8(22)4-9(23)6-10/h1-7H. The maximum atomic E-state index is 14.2. The molecule has 2 aromatic heterocycles. The Morgan fingerprint density at radius 3 is 2.32 bits per heavy atom. The first-order valence-corrected chi connectivity index (χ1v) is 9.46. The van der Waals surface area contributed by atoms with Crippen LogP contribution in [0.15, 0.2) is 51.6 Å². The van der Waals surface area contributed by atoms with Crippen molar-refractivity contribution >= 4 is 27.5 Å². The molecule has 4 aromatic rings. The van der Waals surface area contributed by atoms with Gasteiger partial charge in [-0.15, -0.1) is 0 Å². The number of alkyl halides is 3. The molecule has 2 aromatic carbocycles. The molecule has 0 unspecified atom stereocenters. The van der Waals surface area contributed by atoms with Gasteiger partial charge in [-0.25, -0.2) is 17.9 Å². The van der Waals surface area contributed by atoms with Crippen molar-refractivity contribution in [3.05, 3.63) is 75.2 Å². The van der Waals surface area contributed by atoms with E-state index in [1.54, 1.807) is 0 Å². The van der Waals surface area contributed by atoms with Crippen molar-refractivity contribution in [1.82, 2.24) is 14.9 Å². The van der Waals surface area contributed by atoms with Crippen molar-refractivity contribution in [3.8, 4) is 28.3 Å². The Morgan fingerprint density at radius 2 is 1.71 bits per heavy atom. The minimum absolute atomic E-state index is 0.0393. The molecule has 0 spiro atoms. The Labute approximate surface area is 183 Å². The van der Waals surface area contributed by atoms with Crippen molar-refractivity contribution < 1.29 is 30.9 Å². The molecule has 0 N–H and O–H groups in total. The molecule has 0 radical (unpaired) electrons. The van der Waals surface area contributed by atoms with Gasteiger partial charge in [-0.1, -0.05) is 22.8 Å². The van der Waals surface area contributed by atoms with Crippen molar-refractivity contribution in [2.24, 2.45) is 0 Å². The molecule has 12 heteroatoms. The van der Waals surface area contributed by atoms with Gasteiger partial charge in [0.1, 0.15) is 23.1 Å². The number of rotatable bonds is 3. The van der Waals surface area contributed by atoms with E-state index < -0.39 is 46.3 Å². The summed E-state index contributed by atoms with van der Waals surface area (Å²) in [6.45, 7) is 0. The summed E-state index contributed by atoms with van der Waals surface area (Å²) in [7, 11) is 0. The summed E-state index contributed by atoms with van der Waals surface area (Å²) in [6, 6.07) is 5.71. The second-order valence-electron chi connectivity index (χ2n) is 6.22. The van der Waals surface area contributed by atoms with E-state index in [0.717, 1.165) is 12.3 Å². The highest BCUT2D eigenvalue weighted by Gasteiger charge is 2.41. The first-order chi connectivity index (χ1) is 14.6. The Balaban J connectivity index is 1.93. The van der Waals surface area contributed by atoms with Gasteiger partial charge >= 0.3 is 6.18 Å². The van der Waals surface area contributed by atoms with Crippen LogP contribution in [-0.4, -0.2) is 14.9 Å². The second kappa shape index (κ2) is 7.72. The highest BCUT2D eigenvalue weighted by atomic mass is 79.9. The summed E-state index contributed by atoms with van der Waals surface area (Å²) < 4.78 is 88.3. The summed E-state index contributed by atoms with van der Waals surface area (Å²) in [5.74, 6) is -3.37. The molecule has 0 bridgehead atoms. The maximum absolute atomic E-state index is 14.2. The van der Waals surface area contributed by atoms with Gasteiger partial charge in [0.2, 0.25) is 0 Å². The number of hydrogen-bond donors (Lipinski definition) is 0. The fourth-order valence-corrected chi connectivity index (χ4v) is 3.78. The lowest BCUT2D eigenvalue weighted by Crippen LogP contribution is -2.15. The maximum Gasteiger partial charge on any atom is 0.434 e. The third-order valence-corrected chi connectivity index (χ3v) is 5.26. The highest BCUT2D eigenvalue weighted by Crippen LogP contribution is 2.44. The van der Waals surface area contributed by atoms with E-state index in [1.165, 1.54) is 12.1 Å². The van der Waals surface area contributed by atoms with Crippen molar-refractivity contribution in [3.63, 3.8) is 0 Å². The average molecular weight is 523 g/mol. The second-order valence-corrected chi connectivity index (χ2v) is 7.42. The van der Waals surface area contributed by atoms with Gasteiger partial charge in [-0.05, 0) is 40.2 Å². The average Bonchev–Trinajstić information content (AvgIpc) is 3.25. The third kappa shape index (κ3) is 3.83. The van der Waals surface area contributed by atoms with Gasteiger partial charge < -0.3 is 4.52 Å². The summed E-state index contributed by atoms with van der Waals surface area (Å²) in [4.78, 5) is 0. The van der Waals surface area contributed by atoms with Crippen LogP contribution in [0.2, 0.25) is 5.02 Å². The lowest BCUT2D eigenvalue weighted by atomic mass is 10.1. The molecule has 4 nitrogen and oxygen atoms in total. The van der Waals surface area contributed by atoms with Gasteiger partial charge in [0.15, 0.2) is 11.5 Å². The predicted molar refractivity (Wildman–Crippen MR) is 102 cm³/mol. The molecule has 31 heavy (non-hydrogen) atoms. The minimum Gasteiger partial charge on any atom is -0.354 e. The fraction of sp³-hybridized carbons (Fsp3) is 0.0526.